The fourth-order valence-corrected chi connectivity index (χ4v) is 4.52. The van der Waals surface area contributed by atoms with Crippen LogP contribution in [0.5, 0.6) is 0 Å². The molecule has 1 aliphatic rings. The van der Waals surface area contributed by atoms with Crippen LogP contribution < -0.4 is 0 Å². The van der Waals surface area contributed by atoms with Gasteiger partial charge in [0.25, 0.3) is 0 Å². The highest BCUT2D eigenvalue weighted by Crippen LogP contribution is 2.32. The molecule has 1 fully saturated rings. The van der Waals surface area contributed by atoms with E-state index in [4.69, 9.17) is 4.99 Å². The van der Waals surface area contributed by atoms with Gasteiger partial charge in [0.2, 0.25) is 0 Å². The highest BCUT2D eigenvalue weighted by atomic mass is 32.2. The molecule has 1 rings (SSSR count). The van der Waals surface area contributed by atoms with Gasteiger partial charge in [0.1, 0.15) is 5.76 Å². The number of rotatable bonds is 11. The predicted octanol–water partition coefficient (Wildman–Crippen LogP) is 6.13. The number of aliphatic hydroxyl groups is 1. The van der Waals surface area contributed by atoms with Crippen LogP contribution >= 0.6 is 11.8 Å². The van der Waals surface area contributed by atoms with Crippen molar-refractivity contribution in [2.24, 2.45) is 10.9 Å². The van der Waals surface area contributed by atoms with E-state index in [9.17, 15) is 9.90 Å². The average Bonchev–Trinajstić information content (AvgIpc) is 2.54. The van der Waals surface area contributed by atoms with Gasteiger partial charge in [0.05, 0.1) is 5.57 Å². The molecule has 1 N–H and O–H groups in total. The normalized spacial score (nSPS) is 23.1. The summed E-state index contributed by atoms with van der Waals surface area (Å²) in [5.74, 6) is 1.84. The Balaban J connectivity index is 2.85. The summed E-state index contributed by atoms with van der Waals surface area (Å²) in [5.41, 5.74) is 1.42. The number of unbranched alkanes of at least 4 members (excludes halogenated alkanes) is 3. The predicted molar refractivity (Wildman–Crippen MR) is 111 cm³/mol. The van der Waals surface area contributed by atoms with E-state index in [0.29, 0.717) is 29.6 Å². The van der Waals surface area contributed by atoms with Crippen LogP contribution in [0.1, 0.15) is 85.5 Å². The molecule has 0 saturated heterocycles. The summed E-state index contributed by atoms with van der Waals surface area (Å²) in [5, 5.41) is 11.0. The number of hydrogen-bond donors (Lipinski definition) is 1. The van der Waals surface area contributed by atoms with Crippen LogP contribution in [0.4, 0.5) is 0 Å². The van der Waals surface area contributed by atoms with E-state index in [2.05, 4.69) is 20.8 Å². The molecule has 4 heteroatoms. The number of allylic oxidation sites excluding steroid dienone is 2. The molecular formula is C21H37NO2S. The van der Waals surface area contributed by atoms with Gasteiger partial charge in [-0.25, -0.2) is 0 Å². The minimum absolute atomic E-state index is 0.100. The second-order valence-electron chi connectivity index (χ2n) is 7.16. The van der Waals surface area contributed by atoms with Gasteiger partial charge in [-0.1, -0.05) is 47.0 Å². The van der Waals surface area contributed by atoms with Gasteiger partial charge in [-0.2, -0.15) is 11.8 Å². The quantitative estimate of drug-likeness (QED) is 0.271. The maximum absolute atomic E-state index is 12.7. The molecule has 2 atom stereocenters. The third-order valence-corrected chi connectivity index (χ3v) is 5.82. The number of ketones is 1. The summed E-state index contributed by atoms with van der Waals surface area (Å²) in [4.78, 5) is 17.5. The third-order valence-electron chi connectivity index (χ3n) is 4.73. The number of nitrogens with zero attached hydrogens (tertiary/aromatic N) is 1. The molecule has 0 amide bonds. The summed E-state index contributed by atoms with van der Waals surface area (Å²) < 4.78 is 0. The van der Waals surface area contributed by atoms with Gasteiger partial charge < -0.3 is 5.11 Å². The van der Waals surface area contributed by atoms with E-state index in [-0.39, 0.29) is 11.5 Å². The van der Waals surface area contributed by atoms with Crippen molar-refractivity contribution in [3.8, 4) is 0 Å². The van der Waals surface area contributed by atoms with E-state index in [1.54, 1.807) is 0 Å². The molecule has 3 nitrogen and oxygen atoms in total. The Labute approximate surface area is 158 Å². The molecule has 0 radical (unpaired) electrons. The summed E-state index contributed by atoms with van der Waals surface area (Å²) in [6.45, 7) is 9.44. The molecule has 0 aliphatic heterocycles. The van der Waals surface area contributed by atoms with E-state index in [1.807, 2.05) is 18.7 Å². The van der Waals surface area contributed by atoms with Gasteiger partial charge in [0.15, 0.2) is 5.78 Å². The maximum Gasteiger partial charge on any atom is 0.168 e. The number of hydrogen-bond acceptors (Lipinski definition) is 4. The average molecular weight is 368 g/mol. The van der Waals surface area contributed by atoms with Crippen molar-refractivity contribution in [3.63, 3.8) is 0 Å². The van der Waals surface area contributed by atoms with Crippen LogP contribution in [0, 0.1) is 5.92 Å². The molecule has 0 aromatic carbocycles. The van der Waals surface area contributed by atoms with Crippen molar-refractivity contribution in [1.82, 2.24) is 0 Å². The van der Waals surface area contributed by atoms with Crippen LogP contribution in [-0.2, 0) is 4.79 Å². The molecule has 0 heterocycles. The molecule has 0 aromatic heterocycles. The van der Waals surface area contributed by atoms with Crippen molar-refractivity contribution < 1.29 is 9.90 Å². The van der Waals surface area contributed by atoms with Crippen molar-refractivity contribution in [2.45, 2.75) is 90.7 Å². The van der Waals surface area contributed by atoms with Crippen molar-refractivity contribution in [2.75, 3.05) is 12.3 Å². The molecule has 25 heavy (non-hydrogen) atoms. The molecule has 0 aromatic rings. The molecule has 1 aliphatic carbocycles. The standard InChI is InChI=1S/C21H37NO2S/c1-5-8-9-10-12-22-18-14-17(13-16(4)25-7-3)15-20(24)21(18)19(23)11-6-2/h16-17,23H,5-15H2,1-4H3/t16-,17-/m0/s1. The number of aliphatic hydroxyl groups excluding tert-OH is 1. The number of carbonyl (C=O) groups is 1. The maximum atomic E-state index is 12.7. The Morgan fingerprint density at radius 3 is 2.60 bits per heavy atom. The lowest BCUT2D eigenvalue weighted by molar-refractivity contribution is -0.116. The molecule has 0 unspecified atom stereocenters. The fourth-order valence-electron chi connectivity index (χ4n) is 3.55. The second kappa shape index (κ2) is 12.6. The largest absolute Gasteiger partial charge is 0.511 e. The smallest absolute Gasteiger partial charge is 0.168 e. The lowest BCUT2D eigenvalue weighted by Gasteiger charge is -2.27. The van der Waals surface area contributed by atoms with Gasteiger partial charge in [0, 0.05) is 30.3 Å². The van der Waals surface area contributed by atoms with Crippen LogP contribution in [0.25, 0.3) is 0 Å². The summed E-state index contributed by atoms with van der Waals surface area (Å²) in [6, 6.07) is 0. The van der Waals surface area contributed by atoms with Gasteiger partial charge in [-0.3, -0.25) is 9.79 Å². The highest BCUT2D eigenvalue weighted by molar-refractivity contribution is 7.99. The van der Waals surface area contributed by atoms with E-state index >= 15 is 0 Å². The van der Waals surface area contributed by atoms with E-state index in [1.165, 1.54) is 19.3 Å². The van der Waals surface area contributed by atoms with Crippen LogP contribution in [0.3, 0.4) is 0 Å². The Kier molecular flexibility index (Phi) is 11.2. The van der Waals surface area contributed by atoms with Crippen molar-refractivity contribution in [3.05, 3.63) is 11.3 Å². The van der Waals surface area contributed by atoms with Crippen LogP contribution in [0.15, 0.2) is 16.3 Å². The molecule has 0 spiro atoms. The topological polar surface area (TPSA) is 49.7 Å². The molecular weight excluding hydrogens is 330 g/mol. The number of carbonyl (C=O) groups excluding carboxylic acids is 1. The minimum Gasteiger partial charge on any atom is -0.511 e. The summed E-state index contributed by atoms with van der Waals surface area (Å²) in [7, 11) is 0. The SMILES string of the molecule is CCCCCCN=C1C[C@H](C[C@H](C)SCC)CC(=O)C1=C(O)CCC. The number of thioether (sulfide) groups is 1. The van der Waals surface area contributed by atoms with Crippen LogP contribution in [0.2, 0.25) is 0 Å². The third kappa shape index (κ3) is 7.98. The lowest BCUT2D eigenvalue weighted by Crippen LogP contribution is -2.29. The Morgan fingerprint density at radius 2 is 1.96 bits per heavy atom. The van der Waals surface area contributed by atoms with Gasteiger partial charge in [-0.05, 0) is 37.4 Å². The molecule has 1 saturated carbocycles. The van der Waals surface area contributed by atoms with E-state index < -0.39 is 0 Å². The highest BCUT2D eigenvalue weighted by Gasteiger charge is 2.31. The van der Waals surface area contributed by atoms with Gasteiger partial charge in [-0.15, -0.1) is 0 Å². The van der Waals surface area contributed by atoms with Gasteiger partial charge >= 0.3 is 0 Å². The minimum atomic E-state index is 0.100. The molecule has 0 bridgehead atoms. The summed E-state index contributed by atoms with van der Waals surface area (Å²) >= 11 is 1.96. The van der Waals surface area contributed by atoms with E-state index in [0.717, 1.165) is 43.7 Å². The number of aliphatic imine (C=N–C) groups is 1. The first-order chi connectivity index (χ1) is 12.0. The second-order valence-corrected chi connectivity index (χ2v) is 8.88. The molecule has 144 valence electrons. The first-order valence-corrected chi connectivity index (χ1v) is 11.2. The Hall–Kier alpha value is -0.770. The first kappa shape index (κ1) is 22.3. The van der Waals surface area contributed by atoms with Crippen LogP contribution in [-0.4, -0.2) is 34.1 Å². The number of Topliss-reactive ketones (excluding diaryl/α,β-unsaturated/α-hetero) is 1. The van der Waals surface area contributed by atoms with Crippen molar-refractivity contribution >= 4 is 23.3 Å². The Bertz CT molecular complexity index is 471. The zero-order valence-electron chi connectivity index (χ0n) is 16.6. The zero-order chi connectivity index (χ0) is 18.7. The first-order valence-electron chi connectivity index (χ1n) is 10.1. The Morgan fingerprint density at radius 1 is 1.20 bits per heavy atom. The lowest BCUT2D eigenvalue weighted by atomic mass is 9.80. The summed E-state index contributed by atoms with van der Waals surface area (Å²) in [6.07, 6.45) is 8.59. The fraction of sp³-hybridized carbons (Fsp3) is 0.810. The monoisotopic (exact) mass is 367 g/mol. The zero-order valence-corrected chi connectivity index (χ0v) is 17.5. The van der Waals surface area contributed by atoms with Crippen molar-refractivity contribution in [1.29, 1.82) is 0 Å².